The van der Waals surface area contributed by atoms with Gasteiger partial charge in [0.1, 0.15) is 0 Å². The number of aromatic nitrogens is 2. The molecular formula is C14H25N3O. The summed E-state index contributed by atoms with van der Waals surface area (Å²) in [6.07, 6.45) is 4.58. The number of rotatable bonds is 6. The van der Waals surface area contributed by atoms with Crippen LogP contribution < -0.4 is 5.32 Å². The number of ether oxygens (including phenoxy) is 1. The highest BCUT2D eigenvalue weighted by Crippen LogP contribution is 2.31. The lowest BCUT2D eigenvalue weighted by Crippen LogP contribution is -2.31. The van der Waals surface area contributed by atoms with E-state index in [1.807, 2.05) is 6.20 Å². The summed E-state index contributed by atoms with van der Waals surface area (Å²) in [5, 5.41) is 8.06. The van der Waals surface area contributed by atoms with Crippen molar-refractivity contribution in [2.45, 2.75) is 52.3 Å². The predicted octanol–water partition coefficient (Wildman–Crippen LogP) is 2.37. The molecule has 1 aromatic rings. The van der Waals surface area contributed by atoms with E-state index in [4.69, 9.17) is 4.74 Å². The van der Waals surface area contributed by atoms with E-state index in [0.29, 0.717) is 18.1 Å². The molecule has 3 unspecified atom stereocenters. The minimum atomic E-state index is 0.373. The molecule has 0 aromatic carbocycles. The van der Waals surface area contributed by atoms with Gasteiger partial charge in [-0.25, -0.2) is 0 Å². The van der Waals surface area contributed by atoms with Crippen LogP contribution in [0.1, 0.15) is 45.3 Å². The molecule has 0 amide bonds. The van der Waals surface area contributed by atoms with Crippen molar-refractivity contribution in [2.24, 2.45) is 5.92 Å². The summed E-state index contributed by atoms with van der Waals surface area (Å²) in [4.78, 5) is 0. The number of hydrogen-bond acceptors (Lipinski definition) is 3. The van der Waals surface area contributed by atoms with E-state index in [2.05, 4.69) is 41.9 Å². The zero-order valence-corrected chi connectivity index (χ0v) is 11.7. The van der Waals surface area contributed by atoms with E-state index in [9.17, 15) is 0 Å². The van der Waals surface area contributed by atoms with Crippen molar-refractivity contribution in [3.63, 3.8) is 0 Å². The molecule has 0 spiro atoms. The Labute approximate surface area is 110 Å². The molecule has 0 saturated carbocycles. The maximum atomic E-state index is 5.73. The van der Waals surface area contributed by atoms with Crippen molar-refractivity contribution >= 4 is 0 Å². The van der Waals surface area contributed by atoms with Crippen molar-refractivity contribution in [3.05, 3.63) is 18.0 Å². The highest BCUT2D eigenvalue weighted by atomic mass is 16.5. The highest BCUT2D eigenvalue weighted by Gasteiger charge is 2.31. The van der Waals surface area contributed by atoms with Gasteiger partial charge in [0, 0.05) is 18.7 Å². The van der Waals surface area contributed by atoms with E-state index < -0.39 is 0 Å². The third-order valence-corrected chi connectivity index (χ3v) is 3.68. The van der Waals surface area contributed by atoms with Gasteiger partial charge in [-0.15, -0.1) is 0 Å². The Balaban J connectivity index is 2.14. The Morgan fingerprint density at radius 3 is 3.00 bits per heavy atom. The lowest BCUT2D eigenvalue weighted by Gasteiger charge is -2.24. The molecule has 1 aliphatic rings. The van der Waals surface area contributed by atoms with E-state index >= 15 is 0 Å². The molecule has 1 aliphatic heterocycles. The summed E-state index contributed by atoms with van der Waals surface area (Å²) in [7, 11) is 0. The Kier molecular flexibility index (Phi) is 4.78. The summed E-state index contributed by atoms with van der Waals surface area (Å²) >= 11 is 0. The fraction of sp³-hybridized carbons (Fsp3) is 0.786. The quantitative estimate of drug-likeness (QED) is 0.843. The first-order valence-electron chi connectivity index (χ1n) is 7.12. The van der Waals surface area contributed by atoms with E-state index in [1.54, 1.807) is 0 Å². The first-order valence-corrected chi connectivity index (χ1v) is 7.12. The minimum Gasteiger partial charge on any atom is -0.378 e. The normalized spacial score (nSPS) is 25.5. The molecule has 1 N–H and O–H groups in total. The Morgan fingerprint density at radius 1 is 1.56 bits per heavy atom. The molecule has 0 bridgehead atoms. The second-order valence-corrected chi connectivity index (χ2v) is 5.14. The van der Waals surface area contributed by atoms with Crippen molar-refractivity contribution in [2.75, 3.05) is 13.2 Å². The molecule has 1 aromatic heterocycles. The van der Waals surface area contributed by atoms with Gasteiger partial charge in [-0.1, -0.05) is 6.92 Å². The Hall–Kier alpha value is -0.870. The molecule has 1 saturated heterocycles. The zero-order valence-electron chi connectivity index (χ0n) is 11.7. The van der Waals surface area contributed by atoms with Crippen LogP contribution in [0.5, 0.6) is 0 Å². The average Bonchev–Trinajstić information content (AvgIpc) is 2.99. The van der Waals surface area contributed by atoms with Gasteiger partial charge in [0.2, 0.25) is 0 Å². The first kappa shape index (κ1) is 13.6. The van der Waals surface area contributed by atoms with Crippen molar-refractivity contribution in [1.82, 2.24) is 15.1 Å². The summed E-state index contributed by atoms with van der Waals surface area (Å²) in [6, 6.07) is 2.51. The standard InChI is InChI=1S/C14H25N3O/c1-4-7-15-14(12-9-11(3)18-10-12)13-6-8-16-17(13)5-2/h6,8,11-12,14-15H,4-5,7,9-10H2,1-3H3. The van der Waals surface area contributed by atoms with Gasteiger partial charge in [0.25, 0.3) is 0 Å². The number of nitrogens with one attached hydrogen (secondary N) is 1. The Morgan fingerprint density at radius 2 is 2.39 bits per heavy atom. The van der Waals surface area contributed by atoms with Crippen molar-refractivity contribution in [3.8, 4) is 0 Å². The molecule has 3 atom stereocenters. The van der Waals surface area contributed by atoms with Gasteiger partial charge < -0.3 is 10.1 Å². The SMILES string of the molecule is CCCNC(c1ccnn1CC)C1COC(C)C1. The summed E-state index contributed by atoms with van der Waals surface area (Å²) < 4.78 is 7.82. The molecule has 0 radical (unpaired) electrons. The van der Waals surface area contributed by atoms with Crippen LogP contribution in [0, 0.1) is 5.92 Å². The molecule has 0 aliphatic carbocycles. The molecule has 1 fully saturated rings. The van der Waals surface area contributed by atoms with Crippen LogP contribution in [0.2, 0.25) is 0 Å². The van der Waals surface area contributed by atoms with Crippen LogP contribution in [0.3, 0.4) is 0 Å². The molecule has 102 valence electrons. The highest BCUT2D eigenvalue weighted by molar-refractivity contribution is 5.09. The minimum absolute atomic E-state index is 0.373. The average molecular weight is 251 g/mol. The summed E-state index contributed by atoms with van der Waals surface area (Å²) in [6.45, 7) is 9.34. The van der Waals surface area contributed by atoms with Crippen molar-refractivity contribution in [1.29, 1.82) is 0 Å². The fourth-order valence-electron chi connectivity index (χ4n) is 2.77. The topological polar surface area (TPSA) is 39.1 Å². The Bertz CT molecular complexity index is 364. The van der Waals surface area contributed by atoms with Gasteiger partial charge in [-0.2, -0.15) is 5.10 Å². The maximum absolute atomic E-state index is 5.73. The molecule has 2 rings (SSSR count). The van der Waals surface area contributed by atoms with Gasteiger partial charge in [-0.3, -0.25) is 4.68 Å². The van der Waals surface area contributed by atoms with Crippen LogP contribution >= 0.6 is 0 Å². The number of hydrogen-bond donors (Lipinski definition) is 1. The number of aryl methyl sites for hydroxylation is 1. The lowest BCUT2D eigenvalue weighted by atomic mass is 9.94. The molecule has 2 heterocycles. The van der Waals surface area contributed by atoms with E-state index in [0.717, 1.165) is 32.5 Å². The van der Waals surface area contributed by atoms with Gasteiger partial charge in [0.05, 0.1) is 24.4 Å². The molecule has 18 heavy (non-hydrogen) atoms. The maximum Gasteiger partial charge on any atom is 0.0557 e. The van der Waals surface area contributed by atoms with Crippen LogP contribution in [-0.4, -0.2) is 29.0 Å². The first-order chi connectivity index (χ1) is 8.76. The molecule has 4 heteroatoms. The van der Waals surface area contributed by atoms with Crippen LogP contribution in [0.4, 0.5) is 0 Å². The van der Waals surface area contributed by atoms with Gasteiger partial charge >= 0.3 is 0 Å². The lowest BCUT2D eigenvalue weighted by molar-refractivity contribution is 0.116. The third-order valence-electron chi connectivity index (χ3n) is 3.68. The van der Waals surface area contributed by atoms with E-state index in [-0.39, 0.29) is 0 Å². The summed E-state index contributed by atoms with van der Waals surface area (Å²) in [5.41, 5.74) is 1.30. The molecule has 4 nitrogen and oxygen atoms in total. The second kappa shape index (κ2) is 6.34. The third kappa shape index (κ3) is 2.93. The van der Waals surface area contributed by atoms with Crippen molar-refractivity contribution < 1.29 is 4.74 Å². The van der Waals surface area contributed by atoms with Crippen LogP contribution in [-0.2, 0) is 11.3 Å². The monoisotopic (exact) mass is 251 g/mol. The van der Waals surface area contributed by atoms with Crippen LogP contribution in [0.25, 0.3) is 0 Å². The molecular weight excluding hydrogens is 226 g/mol. The second-order valence-electron chi connectivity index (χ2n) is 5.14. The predicted molar refractivity (Wildman–Crippen MR) is 72.5 cm³/mol. The zero-order chi connectivity index (χ0) is 13.0. The van der Waals surface area contributed by atoms with Gasteiger partial charge in [0.15, 0.2) is 0 Å². The smallest absolute Gasteiger partial charge is 0.0557 e. The van der Waals surface area contributed by atoms with E-state index in [1.165, 1.54) is 5.69 Å². The largest absolute Gasteiger partial charge is 0.378 e. The van der Waals surface area contributed by atoms with Gasteiger partial charge in [-0.05, 0) is 39.3 Å². The fourth-order valence-corrected chi connectivity index (χ4v) is 2.77. The number of nitrogens with zero attached hydrogens (tertiary/aromatic N) is 2. The van der Waals surface area contributed by atoms with Crippen LogP contribution in [0.15, 0.2) is 12.3 Å². The summed E-state index contributed by atoms with van der Waals surface area (Å²) in [5.74, 6) is 0.563.